The van der Waals surface area contributed by atoms with Crippen LogP contribution in [-0.2, 0) is 10.0 Å². The van der Waals surface area contributed by atoms with Gasteiger partial charge in [-0.25, -0.2) is 8.42 Å². The van der Waals surface area contributed by atoms with E-state index in [1.165, 1.54) is 25.5 Å². The fourth-order valence-corrected chi connectivity index (χ4v) is 3.42. The van der Waals surface area contributed by atoms with Gasteiger partial charge in [0.1, 0.15) is 0 Å². The summed E-state index contributed by atoms with van der Waals surface area (Å²) in [5.74, 6) is 0. The molecule has 2 N–H and O–H groups in total. The van der Waals surface area contributed by atoms with Crippen LogP contribution < -0.4 is 10.0 Å². The molecule has 20 heavy (non-hydrogen) atoms. The zero-order chi connectivity index (χ0) is 14.8. The number of hydrogen-bond acceptors (Lipinski definition) is 3. The van der Waals surface area contributed by atoms with Crippen molar-refractivity contribution in [2.24, 2.45) is 5.41 Å². The van der Waals surface area contributed by atoms with E-state index in [4.69, 9.17) is 0 Å². The van der Waals surface area contributed by atoms with Gasteiger partial charge in [0.2, 0.25) is 10.0 Å². The summed E-state index contributed by atoms with van der Waals surface area (Å²) in [5.41, 5.74) is 1.71. The predicted molar refractivity (Wildman–Crippen MR) is 84.6 cm³/mol. The zero-order valence-corrected chi connectivity index (χ0v) is 13.3. The number of nitrogens with one attached hydrogen (secondary N) is 2. The van der Waals surface area contributed by atoms with E-state index in [9.17, 15) is 8.42 Å². The fraction of sp³-hybridized carbons (Fsp3) is 0.600. The molecule has 0 aromatic heterocycles. The number of para-hydroxylation sites is 2. The van der Waals surface area contributed by atoms with Gasteiger partial charge in [0, 0.05) is 6.04 Å². The number of anilines is 2. The van der Waals surface area contributed by atoms with Gasteiger partial charge >= 0.3 is 0 Å². The quantitative estimate of drug-likeness (QED) is 0.895. The van der Waals surface area contributed by atoms with Gasteiger partial charge in [0.25, 0.3) is 0 Å². The van der Waals surface area contributed by atoms with Gasteiger partial charge in [-0.15, -0.1) is 0 Å². The van der Waals surface area contributed by atoms with Gasteiger partial charge in [-0.3, -0.25) is 4.72 Å². The molecule has 5 heteroatoms. The molecule has 1 aromatic rings. The minimum atomic E-state index is -3.26. The second-order valence-electron chi connectivity index (χ2n) is 6.35. The molecule has 0 amide bonds. The first kappa shape index (κ1) is 15.2. The third kappa shape index (κ3) is 3.88. The summed E-state index contributed by atoms with van der Waals surface area (Å²) in [6.45, 7) is 4.55. The van der Waals surface area contributed by atoms with Crippen molar-refractivity contribution in [3.05, 3.63) is 24.3 Å². The summed E-state index contributed by atoms with van der Waals surface area (Å²) in [6.07, 6.45) is 6.00. The minimum absolute atomic E-state index is 0.233. The molecule has 2 rings (SSSR count). The van der Waals surface area contributed by atoms with E-state index in [0.29, 0.717) is 11.7 Å². The molecule has 1 aromatic carbocycles. The first-order chi connectivity index (χ1) is 9.28. The third-order valence-electron chi connectivity index (χ3n) is 4.06. The van der Waals surface area contributed by atoms with E-state index in [0.717, 1.165) is 12.1 Å². The predicted octanol–water partition coefficient (Wildman–Crippen LogP) is 3.44. The van der Waals surface area contributed by atoms with Gasteiger partial charge < -0.3 is 5.32 Å². The largest absolute Gasteiger partial charge is 0.380 e. The standard InChI is InChI=1S/C15H24N2O2S/c1-15(2)11-7-6-10-14(15)16-12-8-4-5-9-13(12)17-20(3,18)19/h4-5,8-9,14,16-17H,6-7,10-11H2,1-3H3. The van der Waals surface area contributed by atoms with Crippen LogP contribution in [0.4, 0.5) is 11.4 Å². The van der Waals surface area contributed by atoms with Crippen LogP contribution >= 0.6 is 0 Å². The Labute approximate surface area is 122 Å². The Kier molecular flexibility index (Phi) is 4.28. The van der Waals surface area contributed by atoms with Crippen molar-refractivity contribution in [1.82, 2.24) is 0 Å². The van der Waals surface area contributed by atoms with Crippen LogP contribution in [0.1, 0.15) is 39.5 Å². The molecule has 1 aliphatic rings. The van der Waals surface area contributed by atoms with Crippen molar-refractivity contribution in [3.63, 3.8) is 0 Å². The Morgan fingerprint density at radius 1 is 1.15 bits per heavy atom. The van der Waals surface area contributed by atoms with Gasteiger partial charge in [-0.05, 0) is 30.4 Å². The molecule has 1 saturated carbocycles. The summed E-state index contributed by atoms with van der Waals surface area (Å²) in [6, 6.07) is 7.85. The molecule has 4 nitrogen and oxygen atoms in total. The third-order valence-corrected chi connectivity index (χ3v) is 4.65. The van der Waals surface area contributed by atoms with Gasteiger partial charge in [-0.2, -0.15) is 0 Å². The normalized spacial score (nSPS) is 22.2. The topological polar surface area (TPSA) is 58.2 Å². The van der Waals surface area contributed by atoms with Crippen molar-refractivity contribution < 1.29 is 8.42 Å². The lowest BCUT2D eigenvalue weighted by Crippen LogP contribution is -2.39. The average Bonchev–Trinajstić information content (AvgIpc) is 2.32. The van der Waals surface area contributed by atoms with Crippen LogP contribution in [0.25, 0.3) is 0 Å². The smallest absolute Gasteiger partial charge is 0.229 e. The lowest BCUT2D eigenvalue weighted by atomic mass is 9.73. The maximum absolute atomic E-state index is 11.4. The van der Waals surface area contributed by atoms with Crippen LogP contribution in [0.5, 0.6) is 0 Å². The van der Waals surface area contributed by atoms with E-state index in [1.54, 1.807) is 6.07 Å². The molecule has 0 aliphatic heterocycles. The molecule has 0 spiro atoms. The first-order valence-corrected chi connectivity index (χ1v) is 9.00. The average molecular weight is 296 g/mol. The van der Waals surface area contributed by atoms with Gasteiger partial charge in [-0.1, -0.05) is 38.8 Å². The molecule has 1 atom stereocenters. The Morgan fingerprint density at radius 2 is 1.80 bits per heavy atom. The number of rotatable bonds is 4. The summed E-state index contributed by atoms with van der Waals surface area (Å²) in [7, 11) is -3.26. The molecule has 1 aliphatic carbocycles. The van der Waals surface area contributed by atoms with Crippen LogP contribution in [-0.4, -0.2) is 20.7 Å². The number of hydrogen-bond donors (Lipinski definition) is 2. The Balaban J connectivity index is 2.21. The molecule has 1 unspecified atom stereocenters. The highest BCUT2D eigenvalue weighted by molar-refractivity contribution is 7.92. The van der Waals surface area contributed by atoms with Crippen molar-refractivity contribution in [1.29, 1.82) is 0 Å². The first-order valence-electron chi connectivity index (χ1n) is 7.11. The molecule has 1 fully saturated rings. The molecule has 0 radical (unpaired) electrons. The van der Waals surface area contributed by atoms with Gasteiger partial charge in [0.15, 0.2) is 0 Å². The maximum atomic E-state index is 11.4. The molecular weight excluding hydrogens is 272 g/mol. The van der Waals surface area contributed by atoms with Crippen LogP contribution in [0.2, 0.25) is 0 Å². The van der Waals surface area contributed by atoms with Crippen LogP contribution in [0.3, 0.4) is 0 Å². The molecule has 0 heterocycles. The summed E-state index contributed by atoms with van der Waals surface area (Å²) >= 11 is 0. The maximum Gasteiger partial charge on any atom is 0.229 e. The fourth-order valence-electron chi connectivity index (χ4n) is 2.85. The second-order valence-corrected chi connectivity index (χ2v) is 8.10. The molecule has 112 valence electrons. The highest BCUT2D eigenvalue weighted by atomic mass is 32.2. The summed E-state index contributed by atoms with van der Waals surface area (Å²) in [4.78, 5) is 0. The highest BCUT2D eigenvalue weighted by Crippen LogP contribution is 2.38. The SMILES string of the molecule is CC1(C)CCCCC1Nc1ccccc1NS(C)(=O)=O. The molecular formula is C15H24N2O2S. The van der Waals surface area contributed by atoms with Crippen LogP contribution in [0.15, 0.2) is 24.3 Å². The van der Waals surface area contributed by atoms with Crippen molar-refractivity contribution in [2.75, 3.05) is 16.3 Å². The lowest BCUT2D eigenvalue weighted by molar-refractivity contribution is 0.217. The minimum Gasteiger partial charge on any atom is -0.380 e. The number of sulfonamides is 1. The van der Waals surface area contributed by atoms with E-state index in [-0.39, 0.29) is 5.41 Å². The second kappa shape index (κ2) is 5.64. The lowest BCUT2D eigenvalue weighted by Gasteiger charge is -2.40. The molecule has 0 saturated heterocycles. The van der Waals surface area contributed by atoms with Crippen LogP contribution in [0, 0.1) is 5.41 Å². The summed E-state index contributed by atoms with van der Waals surface area (Å²) < 4.78 is 25.4. The van der Waals surface area contributed by atoms with Crippen molar-refractivity contribution in [2.45, 2.75) is 45.6 Å². The molecule has 0 bridgehead atoms. The van der Waals surface area contributed by atoms with Gasteiger partial charge in [0.05, 0.1) is 17.6 Å². The zero-order valence-electron chi connectivity index (χ0n) is 12.4. The number of benzene rings is 1. The highest BCUT2D eigenvalue weighted by Gasteiger charge is 2.32. The Bertz CT molecular complexity index is 567. The van der Waals surface area contributed by atoms with E-state index in [1.807, 2.05) is 18.2 Å². The van der Waals surface area contributed by atoms with E-state index in [2.05, 4.69) is 23.9 Å². The summed E-state index contributed by atoms with van der Waals surface area (Å²) in [5, 5.41) is 3.54. The van der Waals surface area contributed by atoms with E-state index >= 15 is 0 Å². The van der Waals surface area contributed by atoms with Crippen molar-refractivity contribution >= 4 is 21.4 Å². The Hall–Kier alpha value is -1.23. The van der Waals surface area contributed by atoms with Crippen molar-refractivity contribution in [3.8, 4) is 0 Å². The Morgan fingerprint density at radius 3 is 2.40 bits per heavy atom. The monoisotopic (exact) mass is 296 g/mol. The van der Waals surface area contributed by atoms with E-state index < -0.39 is 10.0 Å².